The van der Waals surface area contributed by atoms with E-state index in [1.54, 1.807) is 0 Å². The maximum Gasteiger partial charge on any atom is 0.0334 e. The van der Waals surface area contributed by atoms with Gasteiger partial charge in [-0.2, -0.15) is 0 Å². The van der Waals surface area contributed by atoms with Crippen LogP contribution in [0.1, 0.15) is 5.56 Å². The van der Waals surface area contributed by atoms with Crippen molar-refractivity contribution >= 4 is 26.7 Å². The molecule has 3 rings (SSSR count). The third-order valence-corrected chi connectivity index (χ3v) is 4.07. The molecule has 0 aromatic heterocycles. The molecule has 0 radical (unpaired) electrons. The van der Waals surface area contributed by atoms with Gasteiger partial charge in [-0.05, 0) is 50.3 Å². The van der Waals surface area contributed by atoms with Gasteiger partial charge >= 0.3 is 0 Å². The smallest absolute Gasteiger partial charge is 0.0334 e. The Morgan fingerprint density at radius 2 is 1.50 bits per heavy atom. The number of aryl methyl sites for hydroxylation is 1. The first-order chi connectivity index (χ1) is 8.77. The molecule has 0 N–H and O–H groups in total. The fourth-order valence-electron chi connectivity index (χ4n) is 2.40. The van der Waals surface area contributed by atoms with Crippen LogP contribution in [0.15, 0.2) is 65.1 Å². The first-order valence-electron chi connectivity index (χ1n) is 6.00. The predicted octanol–water partition coefficient (Wildman–Crippen LogP) is 5.58. The third kappa shape index (κ3) is 1.85. The van der Waals surface area contributed by atoms with E-state index in [9.17, 15) is 0 Å². The van der Waals surface area contributed by atoms with Gasteiger partial charge in [0.25, 0.3) is 0 Å². The quantitative estimate of drug-likeness (QED) is 0.550. The fourth-order valence-corrected chi connectivity index (χ4v) is 3.30. The van der Waals surface area contributed by atoms with Gasteiger partial charge in [0.05, 0.1) is 0 Å². The highest BCUT2D eigenvalue weighted by Crippen LogP contribution is 2.37. The van der Waals surface area contributed by atoms with E-state index in [4.69, 9.17) is 0 Å². The fraction of sp³-hybridized carbons (Fsp3) is 0.0588. The van der Waals surface area contributed by atoms with Crippen LogP contribution in [0.3, 0.4) is 0 Å². The van der Waals surface area contributed by atoms with Crippen LogP contribution in [0.4, 0.5) is 0 Å². The number of halogens is 1. The summed E-state index contributed by atoms with van der Waals surface area (Å²) in [5, 5.41) is 2.54. The van der Waals surface area contributed by atoms with Gasteiger partial charge in [-0.15, -0.1) is 0 Å². The third-order valence-electron chi connectivity index (χ3n) is 3.25. The second-order valence-corrected chi connectivity index (χ2v) is 5.26. The summed E-state index contributed by atoms with van der Waals surface area (Å²) in [6.07, 6.45) is 0. The zero-order chi connectivity index (χ0) is 12.5. The summed E-state index contributed by atoms with van der Waals surface area (Å²) in [5.41, 5.74) is 3.84. The second kappa shape index (κ2) is 4.58. The number of hydrogen-bond acceptors (Lipinski definition) is 0. The zero-order valence-electron chi connectivity index (χ0n) is 10.2. The Kier molecular flexibility index (Phi) is 2.92. The van der Waals surface area contributed by atoms with Crippen LogP contribution in [-0.2, 0) is 0 Å². The van der Waals surface area contributed by atoms with Gasteiger partial charge in [0.15, 0.2) is 0 Å². The molecule has 1 heteroatoms. The number of hydrogen-bond donors (Lipinski definition) is 0. The van der Waals surface area contributed by atoms with E-state index < -0.39 is 0 Å². The highest BCUT2D eigenvalue weighted by atomic mass is 79.9. The normalized spacial score (nSPS) is 10.8. The predicted molar refractivity (Wildman–Crippen MR) is 81.8 cm³/mol. The number of rotatable bonds is 1. The Morgan fingerprint density at radius 1 is 0.833 bits per heavy atom. The Morgan fingerprint density at radius 3 is 2.28 bits per heavy atom. The minimum absolute atomic E-state index is 1.18. The van der Waals surface area contributed by atoms with Gasteiger partial charge in [-0.25, -0.2) is 0 Å². The van der Waals surface area contributed by atoms with Gasteiger partial charge in [-0.3, -0.25) is 0 Å². The van der Waals surface area contributed by atoms with E-state index >= 15 is 0 Å². The summed E-state index contributed by atoms with van der Waals surface area (Å²) in [7, 11) is 0. The van der Waals surface area contributed by atoms with E-state index in [1.165, 1.54) is 31.9 Å². The minimum Gasteiger partial charge on any atom is -0.0622 e. The molecule has 0 amide bonds. The lowest BCUT2D eigenvalue weighted by Crippen LogP contribution is -1.87. The van der Waals surface area contributed by atoms with E-state index in [0.717, 1.165) is 0 Å². The van der Waals surface area contributed by atoms with Gasteiger partial charge in [0, 0.05) is 4.47 Å². The zero-order valence-corrected chi connectivity index (χ0v) is 11.7. The molecule has 0 aliphatic heterocycles. The minimum atomic E-state index is 1.18. The van der Waals surface area contributed by atoms with Crippen LogP contribution in [0.5, 0.6) is 0 Å². The van der Waals surface area contributed by atoms with Crippen molar-refractivity contribution in [2.24, 2.45) is 0 Å². The molecular formula is C17H13Br. The lowest BCUT2D eigenvalue weighted by molar-refractivity contribution is 1.47. The van der Waals surface area contributed by atoms with Crippen LogP contribution in [0.2, 0.25) is 0 Å². The Balaban J connectivity index is 2.37. The maximum atomic E-state index is 3.77. The molecular weight excluding hydrogens is 284 g/mol. The summed E-state index contributed by atoms with van der Waals surface area (Å²) in [6, 6.07) is 21.2. The van der Waals surface area contributed by atoms with Crippen LogP contribution in [-0.4, -0.2) is 0 Å². The molecule has 0 aliphatic rings. The van der Waals surface area contributed by atoms with Gasteiger partial charge in [0.2, 0.25) is 0 Å². The molecule has 0 unspecified atom stereocenters. The molecule has 0 bridgehead atoms. The lowest BCUT2D eigenvalue weighted by atomic mass is 9.96. The SMILES string of the molecule is Cc1cc2ccccc2c(Br)c1-c1ccccc1. The van der Waals surface area contributed by atoms with Crippen LogP contribution in [0.25, 0.3) is 21.9 Å². The van der Waals surface area contributed by atoms with Crippen molar-refractivity contribution in [2.45, 2.75) is 6.92 Å². The van der Waals surface area contributed by atoms with E-state index in [2.05, 4.69) is 77.5 Å². The highest BCUT2D eigenvalue weighted by Gasteiger charge is 2.10. The molecule has 0 saturated heterocycles. The molecule has 0 aliphatic carbocycles. The van der Waals surface area contributed by atoms with Crippen molar-refractivity contribution in [1.82, 2.24) is 0 Å². The van der Waals surface area contributed by atoms with Gasteiger partial charge < -0.3 is 0 Å². The van der Waals surface area contributed by atoms with E-state index in [-0.39, 0.29) is 0 Å². The molecule has 0 nitrogen and oxygen atoms in total. The summed E-state index contributed by atoms with van der Waals surface area (Å²) < 4.78 is 1.18. The first kappa shape index (κ1) is 11.5. The Labute approximate surface area is 115 Å². The van der Waals surface area contributed by atoms with Crippen molar-refractivity contribution in [1.29, 1.82) is 0 Å². The summed E-state index contributed by atoms with van der Waals surface area (Å²) in [6.45, 7) is 2.17. The highest BCUT2D eigenvalue weighted by molar-refractivity contribution is 9.10. The molecule has 18 heavy (non-hydrogen) atoms. The maximum absolute atomic E-state index is 3.77. The first-order valence-corrected chi connectivity index (χ1v) is 6.80. The van der Waals surface area contributed by atoms with Crippen LogP contribution in [0, 0.1) is 6.92 Å². The van der Waals surface area contributed by atoms with Crippen molar-refractivity contribution < 1.29 is 0 Å². The second-order valence-electron chi connectivity index (χ2n) is 4.47. The average Bonchev–Trinajstić information content (AvgIpc) is 2.40. The van der Waals surface area contributed by atoms with E-state index in [1.807, 2.05) is 6.07 Å². The molecule has 0 atom stereocenters. The standard InChI is InChI=1S/C17H13Br/c1-12-11-14-9-5-6-10-15(14)17(18)16(12)13-7-3-2-4-8-13/h2-11H,1H3. The summed E-state index contributed by atoms with van der Waals surface area (Å²) >= 11 is 3.77. The van der Waals surface area contributed by atoms with Crippen molar-refractivity contribution in [3.05, 3.63) is 70.7 Å². The summed E-state index contributed by atoms with van der Waals surface area (Å²) in [4.78, 5) is 0. The largest absolute Gasteiger partial charge is 0.0622 e. The Hall–Kier alpha value is -1.60. The van der Waals surface area contributed by atoms with Crippen molar-refractivity contribution in [3.8, 4) is 11.1 Å². The summed E-state index contributed by atoms with van der Waals surface area (Å²) in [5.74, 6) is 0. The number of benzene rings is 3. The van der Waals surface area contributed by atoms with Crippen molar-refractivity contribution in [3.63, 3.8) is 0 Å². The lowest BCUT2D eigenvalue weighted by Gasteiger charge is -2.12. The van der Waals surface area contributed by atoms with Gasteiger partial charge in [0.1, 0.15) is 0 Å². The molecule has 0 heterocycles. The topological polar surface area (TPSA) is 0 Å². The molecule has 3 aromatic rings. The van der Waals surface area contributed by atoms with Crippen LogP contribution < -0.4 is 0 Å². The van der Waals surface area contributed by atoms with Gasteiger partial charge in [-0.1, -0.05) is 60.7 Å². The number of fused-ring (bicyclic) bond motifs is 1. The molecule has 88 valence electrons. The molecule has 0 spiro atoms. The molecule has 0 saturated carbocycles. The molecule has 3 aromatic carbocycles. The Bertz CT molecular complexity index is 699. The van der Waals surface area contributed by atoms with Crippen molar-refractivity contribution in [2.75, 3.05) is 0 Å². The van der Waals surface area contributed by atoms with Crippen LogP contribution >= 0.6 is 15.9 Å². The monoisotopic (exact) mass is 296 g/mol. The van der Waals surface area contributed by atoms with E-state index in [0.29, 0.717) is 0 Å². The molecule has 0 fully saturated rings. The average molecular weight is 297 g/mol.